The van der Waals surface area contributed by atoms with E-state index in [1.807, 2.05) is 4.67 Å². The van der Waals surface area contributed by atoms with Crippen molar-refractivity contribution in [2.75, 3.05) is 4.67 Å². The van der Waals surface area contributed by atoms with Crippen LogP contribution in [0.4, 0.5) is 11.4 Å². The van der Waals surface area contributed by atoms with E-state index >= 15 is 0 Å². The maximum atomic E-state index is 11.8. The second kappa shape index (κ2) is 6.89. The van der Waals surface area contributed by atoms with Crippen molar-refractivity contribution in [2.24, 2.45) is 0 Å². The molecule has 0 atom stereocenters. The fraction of sp³-hybridized carbons (Fsp3) is 0.571. The number of benzene rings is 2. The Morgan fingerprint density at radius 1 is 0.576 bits per heavy atom. The van der Waals surface area contributed by atoms with Crippen LogP contribution in [0, 0.1) is 0 Å². The van der Waals surface area contributed by atoms with Gasteiger partial charge >= 0.3 is 8.09 Å². The Bertz CT molecular complexity index is 1040. The van der Waals surface area contributed by atoms with Gasteiger partial charge in [-0.2, -0.15) is 4.89 Å². The van der Waals surface area contributed by atoms with Crippen molar-refractivity contribution in [3.63, 3.8) is 0 Å². The molecule has 0 spiro atoms. The van der Waals surface area contributed by atoms with Crippen molar-refractivity contribution in [1.82, 2.24) is 0 Å². The summed E-state index contributed by atoms with van der Waals surface area (Å²) in [6, 6.07) is 8.84. The van der Waals surface area contributed by atoms with Gasteiger partial charge in [-0.1, -0.05) is 95.2 Å². The van der Waals surface area contributed by atoms with Crippen molar-refractivity contribution >= 4 is 19.5 Å². The van der Waals surface area contributed by atoms with Gasteiger partial charge in [-0.3, -0.25) is 9.05 Å². The van der Waals surface area contributed by atoms with Crippen LogP contribution in [-0.2, 0) is 21.7 Å². The lowest BCUT2D eigenvalue weighted by molar-refractivity contribution is 0.360. The summed E-state index contributed by atoms with van der Waals surface area (Å²) < 4.78 is 14.7. The first-order valence-electron chi connectivity index (χ1n) is 11.9. The summed E-state index contributed by atoms with van der Waals surface area (Å²) in [5.74, 6) is 1.49. The highest BCUT2D eigenvalue weighted by atomic mass is 31.2. The second-order valence-electron chi connectivity index (χ2n) is 13.7. The first-order chi connectivity index (χ1) is 14.7. The van der Waals surface area contributed by atoms with Crippen LogP contribution in [-0.4, -0.2) is 4.89 Å². The fourth-order valence-corrected chi connectivity index (χ4v) is 6.36. The molecular formula is C28H41NO3P+. The molecule has 0 unspecified atom stereocenters. The molecule has 0 fully saturated rings. The van der Waals surface area contributed by atoms with Crippen LogP contribution >= 0.6 is 8.09 Å². The lowest BCUT2D eigenvalue weighted by atomic mass is 9.79. The zero-order valence-electron chi connectivity index (χ0n) is 22.5. The highest BCUT2D eigenvalue weighted by Gasteiger charge is 2.67. The molecule has 0 aromatic heterocycles. The average molecular weight is 471 g/mol. The lowest BCUT2D eigenvalue weighted by Crippen LogP contribution is -2.18. The van der Waals surface area contributed by atoms with Crippen LogP contribution < -0.4 is 13.7 Å². The van der Waals surface area contributed by atoms with Crippen LogP contribution in [0.15, 0.2) is 24.3 Å². The number of fused-ring (bicyclic) bond motifs is 5. The summed E-state index contributed by atoms with van der Waals surface area (Å²) in [5.41, 5.74) is 6.10. The van der Waals surface area contributed by atoms with Crippen LogP contribution in [0.3, 0.4) is 0 Å². The topological polar surface area (TPSA) is 41.9 Å². The van der Waals surface area contributed by atoms with E-state index in [0.717, 1.165) is 34.0 Å². The van der Waals surface area contributed by atoms with Crippen molar-refractivity contribution in [3.8, 4) is 11.5 Å². The van der Waals surface area contributed by atoms with Crippen LogP contribution in [0.5, 0.6) is 11.5 Å². The zero-order valence-corrected chi connectivity index (χ0v) is 23.4. The second-order valence-corrected chi connectivity index (χ2v) is 15.5. The minimum absolute atomic E-state index is 0.0403. The summed E-state index contributed by atoms with van der Waals surface area (Å²) >= 11 is 0. The van der Waals surface area contributed by atoms with Gasteiger partial charge in [-0.05, 0) is 44.9 Å². The van der Waals surface area contributed by atoms with E-state index in [9.17, 15) is 4.89 Å². The third-order valence-corrected chi connectivity index (χ3v) is 8.39. The molecule has 0 radical (unpaired) electrons. The van der Waals surface area contributed by atoms with Crippen LogP contribution in [0.2, 0.25) is 0 Å². The van der Waals surface area contributed by atoms with E-state index in [1.54, 1.807) is 0 Å². The summed E-state index contributed by atoms with van der Waals surface area (Å²) in [6.07, 6.45) is 0. The van der Waals surface area contributed by atoms with Gasteiger partial charge in [-0.25, -0.2) is 0 Å². The zero-order chi connectivity index (χ0) is 24.9. The third-order valence-electron chi connectivity index (χ3n) is 6.62. The molecule has 2 heterocycles. The average Bonchev–Trinajstić information content (AvgIpc) is 3.04. The first kappa shape index (κ1) is 24.4. The van der Waals surface area contributed by atoms with E-state index in [4.69, 9.17) is 9.05 Å². The largest absolute Gasteiger partial charge is 0.625 e. The summed E-state index contributed by atoms with van der Waals surface area (Å²) in [7, 11) is -3.35. The smallest absolute Gasteiger partial charge is 0.257 e. The Balaban J connectivity index is 2.05. The summed E-state index contributed by atoms with van der Waals surface area (Å²) in [4.78, 5) is 11.8. The molecule has 0 aliphatic carbocycles. The van der Waals surface area contributed by atoms with Crippen molar-refractivity contribution in [3.05, 3.63) is 46.5 Å². The molecule has 2 aliphatic heterocycles. The van der Waals surface area contributed by atoms with E-state index in [2.05, 4.69) is 107 Å². The highest BCUT2D eigenvalue weighted by Crippen LogP contribution is 2.78. The van der Waals surface area contributed by atoms with Crippen molar-refractivity contribution in [1.29, 1.82) is 0 Å². The van der Waals surface area contributed by atoms with Gasteiger partial charge in [0.15, 0.2) is 0 Å². The third kappa shape index (κ3) is 3.94. The minimum atomic E-state index is -3.35. The predicted octanol–water partition coefficient (Wildman–Crippen LogP) is 8.47. The van der Waals surface area contributed by atoms with Gasteiger partial charge in [0.05, 0.1) is 0 Å². The number of hydrogen-bond donors (Lipinski definition) is 1. The molecule has 2 aromatic carbocycles. The van der Waals surface area contributed by atoms with Gasteiger partial charge in [0, 0.05) is 11.1 Å². The summed E-state index contributed by atoms with van der Waals surface area (Å²) in [5, 5.41) is 0. The number of hydrogen-bond acceptors (Lipinski definition) is 4. The first-order valence-corrected chi connectivity index (χ1v) is 13.5. The van der Waals surface area contributed by atoms with Crippen LogP contribution in [0.1, 0.15) is 105 Å². The number of rotatable bonds is 0. The highest BCUT2D eigenvalue weighted by molar-refractivity contribution is 7.64. The molecule has 0 saturated carbocycles. The number of nitrogens with zero attached hydrogens (tertiary/aromatic N) is 1. The molecule has 5 heteroatoms. The Kier molecular flexibility index (Phi) is 5.08. The monoisotopic (exact) mass is 470 g/mol. The molecule has 180 valence electrons. The van der Waals surface area contributed by atoms with Crippen molar-refractivity contribution in [2.45, 2.75) is 105 Å². The Morgan fingerprint density at radius 3 is 1.18 bits per heavy atom. The molecule has 0 bridgehead atoms. The van der Waals surface area contributed by atoms with Gasteiger partial charge in [0.2, 0.25) is 11.5 Å². The predicted molar refractivity (Wildman–Crippen MR) is 140 cm³/mol. The maximum absolute atomic E-state index is 11.8. The quantitative estimate of drug-likeness (QED) is 0.392. The summed E-state index contributed by atoms with van der Waals surface area (Å²) in [6.45, 7) is 26.5. The standard InChI is InChI=1S/C28H41NO3P/c1-25(2,3)17-13-19(27(7,8)9)23-21(15-17)29-22-16-18(26(4,5)6)14-20(28(10,11)12)24(22)32-33(29,30)31-23/h13-16,30H,1-12H3/q+1. The van der Waals surface area contributed by atoms with Crippen LogP contribution in [0.25, 0.3) is 0 Å². The normalized spacial score (nSPS) is 17.3. The molecule has 0 amide bonds. The Morgan fingerprint density at radius 2 is 0.909 bits per heavy atom. The minimum Gasteiger partial charge on any atom is -0.257 e. The molecule has 33 heavy (non-hydrogen) atoms. The van der Waals surface area contributed by atoms with Gasteiger partial charge in [-0.15, -0.1) is 4.67 Å². The molecule has 4 rings (SSSR count). The van der Waals surface area contributed by atoms with Gasteiger partial charge in [0.1, 0.15) is 11.4 Å². The molecule has 2 aromatic rings. The molecule has 1 N–H and O–H groups in total. The van der Waals surface area contributed by atoms with Gasteiger partial charge < -0.3 is 0 Å². The SMILES string of the molecule is CC(C)(C)c1cc2c(c(C(C)(C)C)c1)O[P+]1(O)Oc3c(cc(C(C)(C)C)cc3C(C)(C)C)N21. The van der Waals surface area contributed by atoms with E-state index in [1.165, 1.54) is 11.1 Å². The lowest BCUT2D eigenvalue weighted by Gasteiger charge is -2.27. The molecule has 4 nitrogen and oxygen atoms in total. The van der Waals surface area contributed by atoms with E-state index in [0.29, 0.717) is 0 Å². The fourth-order valence-electron chi connectivity index (χ4n) is 4.45. The molecule has 0 saturated heterocycles. The Hall–Kier alpha value is -1.77. The Labute approximate surface area is 200 Å². The van der Waals surface area contributed by atoms with Crippen molar-refractivity contribution < 1.29 is 13.9 Å². The van der Waals surface area contributed by atoms with E-state index in [-0.39, 0.29) is 21.7 Å². The maximum Gasteiger partial charge on any atom is 0.625 e. The molecule has 2 aliphatic rings. The van der Waals surface area contributed by atoms with Gasteiger partial charge in [0.25, 0.3) is 0 Å². The van der Waals surface area contributed by atoms with E-state index < -0.39 is 8.09 Å². The molecular weight excluding hydrogens is 429 g/mol. The number of anilines is 2.